The zero-order valence-corrected chi connectivity index (χ0v) is 20.1. The number of amides is 2. The van der Waals surface area contributed by atoms with E-state index < -0.39 is 0 Å². The first-order valence-electron chi connectivity index (χ1n) is 10.5. The van der Waals surface area contributed by atoms with Gasteiger partial charge in [0.05, 0.1) is 22.4 Å². The molecule has 0 radical (unpaired) electrons. The van der Waals surface area contributed by atoms with Gasteiger partial charge in [0.25, 0.3) is 5.91 Å². The van der Waals surface area contributed by atoms with E-state index in [0.29, 0.717) is 58.2 Å². The fourth-order valence-electron chi connectivity index (χ4n) is 3.86. The fraction of sp³-hybridized carbons (Fsp3) is 0.409. The molecule has 4 rings (SSSR count). The lowest BCUT2D eigenvalue weighted by atomic mass is 9.95. The second-order valence-corrected chi connectivity index (χ2v) is 9.17. The van der Waals surface area contributed by atoms with Gasteiger partial charge in [0.2, 0.25) is 11.8 Å². The first kappa shape index (κ1) is 23.3. The molecule has 11 heteroatoms. The molecule has 0 aromatic carbocycles. The maximum absolute atomic E-state index is 13.3. The lowest BCUT2D eigenvalue weighted by molar-refractivity contribution is -0.121. The van der Waals surface area contributed by atoms with Crippen LogP contribution in [-0.4, -0.2) is 59.0 Å². The number of hydrogen-bond donors (Lipinski definition) is 1. The predicted octanol–water partition coefficient (Wildman–Crippen LogP) is 3.69. The highest BCUT2D eigenvalue weighted by atomic mass is 35.5. The Morgan fingerprint density at radius 3 is 2.64 bits per heavy atom. The Kier molecular flexibility index (Phi) is 7.06. The zero-order chi connectivity index (χ0) is 23.5. The zero-order valence-electron chi connectivity index (χ0n) is 18.6. The number of methoxy groups -OCH3 is 2. The topological polar surface area (TPSA) is 107 Å². The Balaban J connectivity index is 1.45. The number of hydrogen-bond acceptors (Lipinski definition) is 8. The second kappa shape index (κ2) is 9.98. The minimum Gasteiger partial charge on any atom is -0.480 e. The molecular formula is C22H24ClN5O4S. The van der Waals surface area contributed by atoms with Crippen LogP contribution in [0.25, 0.3) is 10.2 Å². The minimum absolute atomic E-state index is 0.0657. The van der Waals surface area contributed by atoms with Crippen molar-refractivity contribution in [1.82, 2.24) is 19.9 Å². The SMILES string of the molecule is COCc1nc(OC)c2c(C)c(C(=O)N3CCC(C(=O)Nc4ccc(Cl)cn4)CC3)sc2n1. The number of carbonyl (C=O) groups is 2. The minimum atomic E-state index is -0.183. The molecule has 1 fully saturated rings. The third-order valence-corrected chi connectivity index (χ3v) is 6.99. The molecule has 3 aromatic heterocycles. The molecule has 33 heavy (non-hydrogen) atoms. The quantitative estimate of drug-likeness (QED) is 0.562. The van der Waals surface area contributed by atoms with Gasteiger partial charge in [-0.1, -0.05) is 11.6 Å². The van der Waals surface area contributed by atoms with E-state index >= 15 is 0 Å². The van der Waals surface area contributed by atoms with Crippen LogP contribution in [0.5, 0.6) is 5.88 Å². The summed E-state index contributed by atoms with van der Waals surface area (Å²) in [7, 11) is 3.12. The van der Waals surface area contributed by atoms with Crippen molar-refractivity contribution >= 4 is 50.8 Å². The van der Waals surface area contributed by atoms with Gasteiger partial charge >= 0.3 is 0 Å². The van der Waals surface area contributed by atoms with Crippen LogP contribution >= 0.6 is 22.9 Å². The fourth-order valence-corrected chi connectivity index (χ4v) is 5.13. The molecule has 2 amide bonds. The van der Waals surface area contributed by atoms with Gasteiger partial charge in [-0.3, -0.25) is 9.59 Å². The molecule has 1 N–H and O–H groups in total. The van der Waals surface area contributed by atoms with Gasteiger partial charge in [0, 0.05) is 32.3 Å². The number of ether oxygens (including phenoxy) is 2. The third-order valence-electron chi connectivity index (χ3n) is 5.60. The Labute approximate surface area is 200 Å². The van der Waals surface area contributed by atoms with Crippen molar-refractivity contribution in [2.75, 3.05) is 32.6 Å². The van der Waals surface area contributed by atoms with Crippen LogP contribution in [0.3, 0.4) is 0 Å². The first-order chi connectivity index (χ1) is 15.9. The summed E-state index contributed by atoms with van der Waals surface area (Å²) in [6, 6.07) is 3.34. The highest BCUT2D eigenvalue weighted by Gasteiger charge is 2.30. The summed E-state index contributed by atoms with van der Waals surface area (Å²) in [5.41, 5.74) is 0.800. The van der Waals surface area contributed by atoms with Crippen LogP contribution in [-0.2, 0) is 16.1 Å². The van der Waals surface area contributed by atoms with E-state index in [2.05, 4.69) is 20.3 Å². The Morgan fingerprint density at radius 2 is 2.00 bits per heavy atom. The summed E-state index contributed by atoms with van der Waals surface area (Å²) in [6.45, 7) is 3.13. The average Bonchev–Trinajstić information content (AvgIpc) is 3.16. The summed E-state index contributed by atoms with van der Waals surface area (Å²) in [5.74, 6) is 1.06. The standard InChI is InChI=1S/C22H24ClN5O4S/c1-12-17-20(32-3)26-16(11-31-2)27-21(17)33-18(12)22(30)28-8-6-13(7-9-28)19(29)25-15-5-4-14(23)10-24-15/h4-5,10,13H,6-9,11H2,1-3H3,(H,24,25,29). The first-order valence-corrected chi connectivity index (χ1v) is 11.6. The number of anilines is 1. The van der Waals surface area contributed by atoms with Gasteiger partial charge in [0.15, 0.2) is 5.82 Å². The van der Waals surface area contributed by atoms with Crippen LogP contribution in [0, 0.1) is 12.8 Å². The Bertz CT molecular complexity index is 1180. The number of carbonyl (C=O) groups excluding carboxylic acids is 2. The van der Waals surface area contributed by atoms with E-state index in [9.17, 15) is 9.59 Å². The summed E-state index contributed by atoms with van der Waals surface area (Å²) in [4.78, 5) is 42.0. The van der Waals surface area contributed by atoms with E-state index in [1.807, 2.05) is 6.92 Å². The number of piperidine rings is 1. The van der Waals surface area contributed by atoms with Crippen molar-refractivity contribution in [3.63, 3.8) is 0 Å². The van der Waals surface area contributed by atoms with E-state index in [0.717, 1.165) is 10.9 Å². The number of fused-ring (bicyclic) bond motifs is 1. The van der Waals surface area contributed by atoms with Crippen LogP contribution in [0.2, 0.25) is 5.02 Å². The molecule has 4 heterocycles. The molecule has 0 saturated carbocycles. The molecule has 0 bridgehead atoms. The highest BCUT2D eigenvalue weighted by Crippen LogP contribution is 2.36. The monoisotopic (exact) mass is 489 g/mol. The number of nitrogens with one attached hydrogen (secondary N) is 1. The van der Waals surface area contributed by atoms with Crippen LogP contribution in [0.4, 0.5) is 5.82 Å². The molecule has 0 spiro atoms. The van der Waals surface area contributed by atoms with Crippen LogP contribution in [0.1, 0.15) is 33.9 Å². The van der Waals surface area contributed by atoms with Crippen molar-refractivity contribution in [3.05, 3.63) is 39.6 Å². The van der Waals surface area contributed by atoms with Crippen molar-refractivity contribution in [3.8, 4) is 5.88 Å². The molecule has 3 aromatic rings. The number of thiophene rings is 1. The number of pyridine rings is 1. The maximum atomic E-state index is 13.3. The molecule has 9 nitrogen and oxygen atoms in total. The van der Waals surface area contributed by atoms with Crippen molar-refractivity contribution < 1.29 is 19.1 Å². The van der Waals surface area contributed by atoms with Crippen molar-refractivity contribution in [2.24, 2.45) is 5.92 Å². The Morgan fingerprint density at radius 1 is 1.24 bits per heavy atom. The lowest BCUT2D eigenvalue weighted by Gasteiger charge is -2.31. The number of rotatable bonds is 6. The summed E-state index contributed by atoms with van der Waals surface area (Å²) < 4.78 is 10.6. The van der Waals surface area contributed by atoms with Gasteiger partial charge in [-0.2, -0.15) is 4.98 Å². The maximum Gasteiger partial charge on any atom is 0.264 e. The van der Waals surface area contributed by atoms with Gasteiger partial charge in [0.1, 0.15) is 17.3 Å². The van der Waals surface area contributed by atoms with Gasteiger partial charge < -0.3 is 19.7 Å². The molecule has 0 aliphatic carbocycles. The molecule has 0 atom stereocenters. The number of halogens is 1. The van der Waals surface area contributed by atoms with Crippen molar-refractivity contribution in [2.45, 2.75) is 26.4 Å². The van der Waals surface area contributed by atoms with Gasteiger partial charge in [-0.05, 0) is 37.5 Å². The second-order valence-electron chi connectivity index (χ2n) is 7.74. The van der Waals surface area contributed by atoms with Crippen LogP contribution in [0.15, 0.2) is 18.3 Å². The summed E-state index contributed by atoms with van der Waals surface area (Å²) in [6.07, 6.45) is 2.65. The third kappa shape index (κ3) is 4.92. The predicted molar refractivity (Wildman–Crippen MR) is 126 cm³/mol. The lowest BCUT2D eigenvalue weighted by Crippen LogP contribution is -2.41. The van der Waals surface area contributed by atoms with E-state index in [1.54, 1.807) is 31.3 Å². The largest absolute Gasteiger partial charge is 0.480 e. The van der Waals surface area contributed by atoms with E-state index in [1.165, 1.54) is 17.5 Å². The molecular weight excluding hydrogens is 466 g/mol. The number of likely N-dealkylation sites (tertiary alicyclic amines) is 1. The van der Waals surface area contributed by atoms with Gasteiger partial charge in [-0.25, -0.2) is 9.97 Å². The molecule has 1 aliphatic rings. The molecule has 174 valence electrons. The van der Waals surface area contributed by atoms with E-state index in [4.69, 9.17) is 21.1 Å². The summed E-state index contributed by atoms with van der Waals surface area (Å²) >= 11 is 7.17. The van der Waals surface area contributed by atoms with Gasteiger partial charge in [-0.15, -0.1) is 11.3 Å². The Hall–Kier alpha value is -2.82. The molecule has 1 saturated heterocycles. The smallest absolute Gasteiger partial charge is 0.264 e. The van der Waals surface area contributed by atoms with Crippen molar-refractivity contribution in [1.29, 1.82) is 0 Å². The normalized spacial score (nSPS) is 14.5. The number of nitrogens with zero attached hydrogens (tertiary/aromatic N) is 4. The van der Waals surface area contributed by atoms with Crippen LogP contribution < -0.4 is 10.1 Å². The average molecular weight is 490 g/mol. The van der Waals surface area contributed by atoms with E-state index in [-0.39, 0.29) is 24.3 Å². The highest BCUT2D eigenvalue weighted by molar-refractivity contribution is 7.20. The number of aryl methyl sites for hydroxylation is 1. The number of aromatic nitrogens is 3. The summed E-state index contributed by atoms with van der Waals surface area (Å²) in [5, 5.41) is 4.08. The molecule has 1 aliphatic heterocycles. The molecule has 0 unspecified atom stereocenters.